The van der Waals surface area contributed by atoms with Gasteiger partial charge in [-0.3, -0.25) is 14.5 Å². The van der Waals surface area contributed by atoms with Crippen molar-refractivity contribution in [1.82, 2.24) is 5.32 Å². The largest absolute Gasteiger partial charge is 0.494 e. The summed E-state index contributed by atoms with van der Waals surface area (Å²) in [6.07, 6.45) is 0.946. The van der Waals surface area contributed by atoms with Gasteiger partial charge in [-0.2, -0.15) is 0 Å². The Balaban J connectivity index is 2.24. The van der Waals surface area contributed by atoms with Crippen molar-refractivity contribution in [3.05, 3.63) is 24.3 Å². The number of anilines is 1. The summed E-state index contributed by atoms with van der Waals surface area (Å²) in [5.41, 5.74) is 0.734. The highest BCUT2D eigenvalue weighted by atomic mass is 16.5. The quantitative estimate of drug-likeness (QED) is 0.902. The number of piperazine rings is 1. The normalized spacial score (nSPS) is 18.9. The molecular weight excluding hydrogens is 268 g/mol. The fraction of sp³-hybridized carbons (Fsp3) is 0.500. The van der Waals surface area contributed by atoms with Crippen molar-refractivity contribution >= 4 is 17.5 Å². The first-order valence-corrected chi connectivity index (χ1v) is 7.37. The van der Waals surface area contributed by atoms with Gasteiger partial charge in [0.15, 0.2) is 0 Å². The number of ether oxygens (including phenoxy) is 1. The molecule has 0 bridgehead atoms. The van der Waals surface area contributed by atoms with Crippen LogP contribution in [0.2, 0.25) is 0 Å². The molecular formula is C16H22N2O3. The van der Waals surface area contributed by atoms with Gasteiger partial charge in [0.25, 0.3) is 0 Å². The molecule has 0 spiro atoms. The molecule has 2 amide bonds. The summed E-state index contributed by atoms with van der Waals surface area (Å²) in [5.74, 6) is 0.632. The zero-order chi connectivity index (χ0) is 15.4. The second-order valence-corrected chi connectivity index (χ2v) is 5.51. The average molecular weight is 290 g/mol. The number of nitrogens with zero attached hydrogens (tertiary/aromatic N) is 1. The summed E-state index contributed by atoms with van der Waals surface area (Å²) in [6.45, 7) is 6.64. The van der Waals surface area contributed by atoms with Crippen LogP contribution in [0, 0.1) is 5.92 Å². The summed E-state index contributed by atoms with van der Waals surface area (Å²) in [7, 11) is 0. The molecule has 1 aliphatic rings. The van der Waals surface area contributed by atoms with E-state index in [0.29, 0.717) is 6.61 Å². The lowest BCUT2D eigenvalue weighted by atomic mass is 9.98. The molecule has 1 heterocycles. The Hall–Kier alpha value is -2.04. The number of amides is 2. The fourth-order valence-corrected chi connectivity index (χ4v) is 2.45. The summed E-state index contributed by atoms with van der Waals surface area (Å²) < 4.78 is 5.54. The van der Waals surface area contributed by atoms with Crippen LogP contribution in [0.3, 0.4) is 0 Å². The molecule has 1 unspecified atom stereocenters. The summed E-state index contributed by atoms with van der Waals surface area (Å²) in [6, 6.07) is 6.87. The Morgan fingerprint density at radius 1 is 1.29 bits per heavy atom. The number of hydrogen-bond donors (Lipinski definition) is 1. The molecule has 2 rings (SSSR count). The molecule has 1 fully saturated rings. The maximum absolute atomic E-state index is 12.2. The first kappa shape index (κ1) is 15.4. The van der Waals surface area contributed by atoms with Gasteiger partial charge >= 0.3 is 0 Å². The molecule has 0 radical (unpaired) electrons. The topological polar surface area (TPSA) is 58.6 Å². The van der Waals surface area contributed by atoms with Crippen LogP contribution in [0.5, 0.6) is 5.75 Å². The lowest BCUT2D eigenvalue weighted by Crippen LogP contribution is -2.60. The van der Waals surface area contributed by atoms with Crippen molar-refractivity contribution in [2.75, 3.05) is 18.1 Å². The fourth-order valence-electron chi connectivity index (χ4n) is 2.45. The zero-order valence-electron chi connectivity index (χ0n) is 12.8. The van der Waals surface area contributed by atoms with E-state index >= 15 is 0 Å². The van der Waals surface area contributed by atoms with E-state index in [-0.39, 0.29) is 24.3 Å². The van der Waals surface area contributed by atoms with E-state index < -0.39 is 6.04 Å². The van der Waals surface area contributed by atoms with Crippen molar-refractivity contribution in [1.29, 1.82) is 0 Å². The van der Waals surface area contributed by atoms with Gasteiger partial charge in [-0.15, -0.1) is 0 Å². The third-order valence-electron chi connectivity index (χ3n) is 3.45. The highest BCUT2D eigenvalue weighted by molar-refractivity contribution is 6.06. The Morgan fingerprint density at radius 2 is 1.95 bits per heavy atom. The molecule has 1 aromatic rings. The van der Waals surface area contributed by atoms with Crippen molar-refractivity contribution in [3.63, 3.8) is 0 Å². The van der Waals surface area contributed by atoms with Crippen molar-refractivity contribution in [2.24, 2.45) is 5.92 Å². The molecule has 1 saturated heterocycles. The van der Waals surface area contributed by atoms with Gasteiger partial charge in [-0.25, -0.2) is 0 Å². The zero-order valence-corrected chi connectivity index (χ0v) is 12.8. The first-order valence-electron chi connectivity index (χ1n) is 7.37. The van der Waals surface area contributed by atoms with Crippen LogP contribution >= 0.6 is 0 Å². The number of nitrogens with one attached hydrogen (secondary N) is 1. The Bertz CT molecular complexity index is 511. The summed E-state index contributed by atoms with van der Waals surface area (Å²) >= 11 is 0. The van der Waals surface area contributed by atoms with E-state index in [1.54, 1.807) is 4.90 Å². The molecule has 1 N–H and O–H groups in total. The minimum Gasteiger partial charge on any atom is -0.494 e. The van der Waals surface area contributed by atoms with Gasteiger partial charge in [-0.05, 0) is 36.6 Å². The third-order valence-corrected chi connectivity index (χ3v) is 3.45. The summed E-state index contributed by atoms with van der Waals surface area (Å²) in [4.78, 5) is 25.8. The molecule has 114 valence electrons. The number of rotatable bonds is 5. The van der Waals surface area contributed by atoms with E-state index in [9.17, 15) is 9.59 Å². The van der Waals surface area contributed by atoms with E-state index in [0.717, 1.165) is 17.9 Å². The minimum atomic E-state index is -0.464. The maximum atomic E-state index is 12.2. The van der Waals surface area contributed by atoms with Gasteiger partial charge < -0.3 is 10.1 Å². The van der Waals surface area contributed by atoms with E-state index in [1.165, 1.54) is 0 Å². The smallest absolute Gasteiger partial charge is 0.247 e. The van der Waals surface area contributed by atoms with Crippen LogP contribution in [0.15, 0.2) is 24.3 Å². The molecule has 5 heteroatoms. The number of carbonyl (C=O) groups is 2. The van der Waals surface area contributed by atoms with Crippen LogP contribution < -0.4 is 15.0 Å². The van der Waals surface area contributed by atoms with Crippen molar-refractivity contribution < 1.29 is 14.3 Å². The van der Waals surface area contributed by atoms with E-state index in [4.69, 9.17) is 4.74 Å². The standard InChI is InChI=1S/C16H22N2O3/c1-4-9-21-13-7-5-12(6-8-13)18-14(19)10-17-16(20)15(18)11(2)3/h5-8,11,15H,4,9-10H2,1-3H3,(H,17,20). The number of carbonyl (C=O) groups excluding carboxylic acids is 2. The first-order chi connectivity index (χ1) is 10.0. The molecule has 0 saturated carbocycles. The Morgan fingerprint density at radius 3 is 2.52 bits per heavy atom. The molecule has 1 aromatic carbocycles. The van der Waals surface area contributed by atoms with Crippen molar-refractivity contribution in [3.8, 4) is 5.75 Å². The predicted molar refractivity (Wildman–Crippen MR) is 81.3 cm³/mol. The van der Waals surface area contributed by atoms with Crippen LogP contribution in [0.25, 0.3) is 0 Å². The summed E-state index contributed by atoms with van der Waals surface area (Å²) in [5, 5.41) is 2.65. The minimum absolute atomic E-state index is 0.0465. The van der Waals surface area contributed by atoms with Crippen LogP contribution in [0.4, 0.5) is 5.69 Å². The Kier molecular flexibility index (Phi) is 4.83. The monoisotopic (exact) mass is 290 g/mol. The highest BCUT2D eigenvalue weighted by Crippen LogP contribution is 2.26. The number of hydrogen-bond acceptors (Lipinski definition) is 3. The molecule has 1 atom stereocenters. The molecule has 21 heavy (non-hydrogen) atoms. The third kappa shape index (κ3) is 3.35. The van der Waals surface area contributed by atoms with E-state index in [1.807, 2.05) is 45.0 Å². The van der Waals surface area contributed by atoms with Crippen LogP contribution in [-0.2, 0) is 9.59 Å². The second-order valence-electron chi connectivity index (χ2n) is 5.51. The SMILES string of the molecule is CCCOc1ccc(N2C(=O)CNC(=O)C2C(C)C)cc1. The predicted octanol–water partition coefficient (Wildman–Crippen LogP) is 1.96. The van der Waals surface area contributed by atoms with Crippen molar-refractivity contribution in [2.45, 2.75) is 33.2 Å². The van der Waals surface area contributed by atoms with Crippen LogP contribution in [-0.4, -0.2) is 31.0 Å². The second kappa shape index (κ2) is 6.61. The maximum Gasteiger partial charge on any atom is 0.247 e. The lowest BCUT2D eigenvalue weighted by molar-refractivity contribution is -0.131. The van der Waals surface area contributed by atoms with Gasteiger partial charge in [0.05, 0.1) is 13.2 Å². The highest BCUT2D eigenvalue weighted by Gasteiger charge is 2.37. The van der Waals surface area contributed by atoms with Gasteiger partial charge in [-0.1, -0.05) is 20.8 Å². The number of benzene rings is 1. The average Bonchev–Trinajstić information content (AvgIpc) is 2.47. The molecule has 0 aliphatic carbocycles. The Labute approximate surface area is 125 Å². The van der Waals surface area contributed by atoms with Gasteiger partial charge in [0, 0.05) is 5.69 Å². The lowest BCUT2D eigenvalue weighted by Gasteiger charge is -2.37. The molecule has 0 aromatic heterocycles. The van der Waals surface area contributed by atoms with Crippen LogP contribution in [0.1, 0.15) is 27.2 Å². The van der Waals surface area contributed by atoms with E-state index in [2.05, 4.69) is 5.32 Å². The van der Waals surface area contributed by atoms with Gasteiger partial charge in [0.1, 0.15) is 11.8 Å². The molecule has 5 nitrogen and oxygen atoms in total. The van der Waals surface area contributed by atoms with Gasteiger partial charge in [0.2, 0.25) is 11.8 Å². The molecule has 1 aliphatic heterocycles.